The van der Waals surface area contributed by atoms with Crippen LogP contribution < -0.4 is 11.1 Å². The molecule has 1 aromatic carbocycles. The Hall–Kier alpha value is -2.43. The number of amides is 1. The molecule has 0 aliphatic carbocycles. The highest BCUT2D eigenvalue weighted by atomic mass is 16.1. The van der Waals surface area contributed by atoms with Crippen molar-refractivity contribution in [1.82, 2.24) is 9.97 Å². The van der Waals surface area contributed by atoms with Crippen LogP contribution in [0.3, 0.4) is 0 Å². The second kappa shape index (κ2) is 4.39. The third-order valence-corrected chi connectivity index (χ3v) is 1.94. The van der Waals surface area contributed by atoms with Gasteiger partial charge < -0.3 is 11.1 Å². The first-order valence-electron chi connectivity index (χ1n) is 4.68. The molecule has 0 aliphatic heterocycles. The highest BCUT2D eigenvalue weighted by Gasteiger charge is 2.06. The summed E-state index contributed by atoms with van der Waals surface area (Å²) in [6.07, 6.45) is 4.38. The number of benzene rings is 1. The summed E-state index contributed by atoms with van der Waals surface area (Å²) in [5, 5.41) is 2.68. The van der Waals surface area contributed by atoms with Gasteiger partial charge in [-0.25, -0.2) is 4.98 Å². The average Bonchev–Trinajstić information content (AvgIpc) is 2.30. The third-order valence-electron chi connectivity index (χ3n) is 1.94. The fourth-order valence-corrected chi connectivity index (χ4v) is 1.23. The number of hydrogen-bond acceptors (Lipinski definition) is 4. The highest BCUT2D eigenvalue weighted by Crippen LogP contribution is 2.12. The van der Waals surface area contributed by atoms with Gasteiger partial charge in [-0.15, -0.1) is 0 Å². The van der Waals surface area contributed by atoms with Crippen molar-refractivity contribution in [2.24, 2.45) is 0 Å². The van der Waals surface area contributed by atoms with Gasteiger partial charge in [0.2, 0.25) is 0 Å². The Balaban J connectivity index is 2.14. The summed E-state index contributed by atoms with van der Waals surface area (Å²) in [6.45, 7) is 0. The maximum absolute atomic E-state index is 11.7. The Kier molecular flexibility index (Phi) is 2.77. The first kappa shape index (κ1) is 10.1. The molecule has 1 amide bonds. The minimum atomic E-state index is -0.307. The first-order valence-corrected chi connectivity index (χ1v) is 4.68. The Morgan fingerprint density at radius 2 is 2.19 bits per heavy atom. The minimum absolute atomic E-state index is 0.268. The van der Waals surface area contributed by atoms with Gasteiger partial charge in [0.1, 0.15) is 5.69 Å². The van der Waals surface area contributed by atoms with Gasteiger partial charge in [-0.2, -0.15) is 0 Å². The number of carbonyl (C=O) groups excluding carboxylic acids is 1. The van der Waals surface area contributed by atoms with Gasteiger partial charge in [-0.1, -0.05) is 6.07 Å². The molecule has 2 rings (SSSR count). The Labute approximate surface area is 92.3 Å². The monoisotopic (exact) mass is 214 g/mol. The molecule has 0 saturated carbocycles. The van der Waals surface area contributed by atoms with E-state index in [1.54, 1.807) is 24.3 Å². The second-order valence-electron chi connectivity index (χ2n) is 3.17. The predicted molar refractivity (Wildman–Crippen MR) is 60.8 cm³/mol. The van der Waals surface area contributed by atoms with Gasteiger partial charge in [0, 0.05) is 23.8 Å². The van der Waals surface area contributed by atoms with Gasteiger partial charge in [0.05, 0.1) is 6.20 Å². The molecule has 0 unspecified atom stereocenters. The summed E-state index contributed by atoms with van der Waals surface area (Å²) in [6, 6.07) is 6.94. The number of anilines is 2. The number of aromatic nitrogens is 2. The van der Waals surface area contributed by atoms with Crippen LogP contribution in [0.4, 0.5) is 11.4 Å². The van der Waals surface area contributed by atoms with Crippen LogP contribution in [-0.2, 0) is 0 Å². The molecule has 0 atom stereocenters. The van der Waals surface area contributed by atoms with Crippen LogP contribution in [0.2, 0.25) is 0 Å². The fraction of sp³-hybridized carbons (Fsp3) is 0. The molecule has 0 bridgehead atoms. The fourth-order valence-electron chi connectivity index (χ4n) is 1.23. The molecule has 3 N–H and O–H groups in total. The Morgan fingerprint density at radius 1 is 1.31 bits per heavy atom. The quantitative estimate of drug-likeness (QED) is 0.738. The normalized spacial score (nSPS) is 9.75. The molecule has 0 fully saturated rings. The largest absolute Gasteiger partial charge is 0.399 e. The van der Waals surface area contributed by atoms with Crippen molar-refractivity contribution in [1.29, 1.82) is 0 Å². The van der Waals surface area contributed by atoms with Crippen LogP contribution in [0, 0.1) is 0 Å². The van der Waals surface area contributed by atoms with Gasteiger partial charge in [-0.05, 0) is 18.2 Å². The molecule has 16 heavy (non-hydrogen) atoms. The number of nitrogens with one attached hydrogen (secondary N) is 1. The molecular formula is C11H10N4O. The van der Waals surface area contributed by atoms with E-state index in [1.807, 2.05) is 0 Å². The van der Waals surface area contributed by atoms with Gasteiger partial charge in [0.25, 0.3) is 5.91 Å². The zero-order chi connectivity index (χ0) is 11.4. The standard InChI is InChI=1S/C11H10N4O/c12-8-2-1-3-9(6-8)15-11(16)10-7-13-4-5-14-10/h1-7H,12H2,(H,15,16). The van der Waals surface area contributed by atoms with Crippen molar-refractivity contribution in [3.05, 3.63) is 48.5 Å². The summed E-state index contributed by atoms with van der Waals surface area (Å²) < 4.78 is 0. The number of nitrogens with zero attached hydrogens (tertiary/aromatic N) is 2. The van der Waals surface area contributed by atoms with Crippen LogP contribution in [0.1, 0.15) is 10.5 Å². The van der Waals surface area contributed by atoms with Gasteiger partial charge in [-0.3, -0.25) is 9.78 Å². The SMILES string of the molecule is Nc1cccc(NC(=O)c2cnccn2)c1. The molecule has 1 heterocycles. The number of hydrogen-bond donors (Lipinski definition) is 2. The van der Waals surface area contributed by atoms with E-state index < -0.39 is 0 Å². The van der Waals surface area contributed by atoms with Crippen LogP contribution in [0.5, 0.6) is 0 Å². The van der Waals surface area contributed by atoms with E-state index >= 15 is 0 Å². The number of nitrogen functional groups attached to an aromatic ring is 1. The van der Waals surface area contributed by atoms with E-state index in [0.29, 0.717) is 11.4 Å². The zero-order valence-electron chi connectivity index (χ0n) is 8.42. The van der Waals surface area contributed by atoms with Crippen LogP contribution in [-0.4, -0.2) is 15.9 Å². The zero-order valence-corrected chi connectivity index (χ0v) is 8.42. The number of nitrogens with two attached hydrogens (primary N) is 1. The van der Waals surface area contributed by atoms with E-state index in [4.69, 9.17) is 5.73 Å². The van der Waals surface area contributed by atoms with E-state index in [-0.39, 0.29) is 11.6 Å². The van der Waals surface area contributed by atoms with Crippen molar-refractivity contribution >= 4 is 17.3 Å². The smallest absolute Gasteiger partial charge is 0.275 e. The van der Waals surface area contributed by atoms with E-state index in [2.05, 4.69) is 15.3 Å². The summed E-state index contributed by atoms with van der Waals surface area (Å²) in [5.74, 6) is -0.307. The summed E-state index contributed by atoms with van der Waals surface area (Å²) in [5.41, 5.74) is 7.09. The number of rotatable bonds is 2. The lowest BCUT2D eigenvalue weighted by Crippen LogP contribution is -2.13. The second-order valence-corrected chi connectivity index (χ2v) is 3.17. The number of carbonyl (C=O) groups is 1. The summed E-state index contributed by atoms with van der Waals surface area (Å²) in [4.78, 5) is 19.4. The Morgan fingerprint density at radius 3 is 2.88 bits per heavy atom. The van der Waals surface area contributed by atoms with Crippen molar-refractivity contribution < 1.29 is 4.79 Å². The summed E-state index contributed by atoms with van der Waals surface area (Å²) >= 11 is 0. The molecule has 0 spiro atoms. The molecule has 2 aromatic rings. The topological polar surface area (TPSA) is 80.9 Å². The lowest BCUT2D eigenvalue weighted by Gasteiger charge is -2.04. The van der Waals surface area contributed by atoms with Gasteiger partial charge >= 0.3 is 0 Å². The lowest BCUT2D eigenvalue weighted by molar-refractivity contribution is 0.102. The molecular weight excluding hydrogens is 204 g/mol. The predicted octanol–water partition coefficient (Wildman–Crippen LogP) is 1.31. The van der Waals surface area contributed by atoms with E-state index in [0.717, 1.165) is 0 Å². The van der Waals surface area contributed by atoms with E-state index in [9.17, 15) is 4.79 Å². The molecule has 1 aromatic heterocycles. The minimum Gasteiger partial charge on any atom is -0.399 e. The van der Waals surface area contributed by atoms with Crippen LogP contribution in [0.15, 0.2) is 42.9 Å². The van der Waals surface area contributed by atoms with Crippen molar-refractivity contribution in [3.63, 3.8) is 0 Å². The maximum Gasteiger partial charge on any atom is 0.275 e. The molecule has 5 heteroatoms. The van der Waals surface area contributed by atoms with Crippen molar-refractivity contribution in [2.45, 2.75) is 0 Å². The van der Waals surface area contributed by atoms with Crippen LogP contribution in [0.25, 0.3) is 0 Å². The van der Waals surface area contributed by atoms with Crippen molar-refractivity contribution in [2.75, 3.05) is 11.1 Å². The van der Waals surface area contributed by atoms with Crippen molar-refractivity contribution in [3.8, 4) is 0 Å². The maximum atomic E-state index is 11.7. The Bertz CT molecular complexity index is 498. The van der Waals surface area contributed by atoms with Gasteiger partial charge in [0.15, 0.2) is 0 Å². The summed E-state index contributed by atoms with van der Waals surface area (Å²) in [7, 11) is 0. The molecule has 0 radical (unpaired) electrons. The molecule has 0 saturated heterocycles. The highest BCUT2D eigenvalue weighted by molar-refractivity contribution is 6.02. The van der Waals surface area contributed by atoms with E-state index in [1.165, 1.54) is 18.6 Å². The average molecular weight is 214 g/mol. The first-order chi connectivity index (χ1) is 7.75. The lowest BCUT2D eigenvalue weighted by atomic mass is 10.3. The third kappa shape index (κ3) is 2.33. The molecule has 80 valence electrons. The molecule has 5 nitrogen and oxygen atoms in total. The molecule has 0 aliphatic rings. The van der Waals surface area contributed by atoms with Crippen LogP contribution >= 0.6 is 0 Å².